The molecule has 0 aliphatic heterocycles. The zero-order valence-corrected chi connectivity index (χ0v) is 17.7. The molecule has 28 heavy (non-hydrogen) atoms. The van der Waals surface area contributed by atoms with Gasteiger partial charge in [-0.1, -0.05) is 43.7 Å². The molecule has 0 unspecified atom stereocenters. The van der Waals surface area contributed by atoms with E-state index in [0.717, 1.165) is 16.7 Å². The summed E-state index contributed by atoms with van der Waals surface area (Å²) in [7, 11) is -3.47. The second-order valence-electron chi connectivity index (χ2n) is 6.57. The minimum absolute atomic E-state index is 0.0711. The lowest BCUT2D eigenvalue weighted by atomic mass is 10.1. The lowest BCUT2D eigenvalue weighted by Crippen LogP contribution is -2.30. The number of ether oxygens (including phenoxy) is 1. The van der Waals surface area contributed by atoms with Gasteiger partial charge in [-0.05, 0) is 43.2 Å². The van der Waals surface area contributed by atoms with Crippen molar-refractivity contribution in [1.82, 2.24) is 9.62 Å². The highest BCUT2D eigenvalue weighted by Gasteiger charge is 2.21. The van der Waals surface area contributed by atoms with Crippen LogP contribution in [0.5, 0.6) is 5.75 Å². The number of aryl methyl sites for hydroxylation is 2. The van der Waals surface area contributed by atoms with Gasteiger partial charge < -0.3 is 10.1 Å². The van der Waals surface area contributed by atoms with E-state index in [-0.39, 0.29) is 17.4 Å². The number of sulfonamides is 1. The van der Waals surface area contributed by atoms with Crippen molar-refractivity contribution in [3.63, 3.8) is 0 Å². The molecule has 0 atom stereocenters. The summed E-state index contributed by atoms with van der Waals surface area (Å²) in [5.74, 6) is 0.450. The highest BCUT2D eigenvalue weighted by atomic mass is 32.2. The van der Waals surface area contributed by atoms with E-state index in [1.165, 1.54) is 4.31 Å². The number of nitrogens with zero attached hydrogens (tertiary/aromatic N) is 1. The van der Waals surface area contributed by atoms with Gasteiger partial charge in [-0.3, -0.25) is 4.79 Å². The second-order valence-corrected chi connectivity index (χ2v) is 8.51. The summed E-state index contributed by atoms with van der Waals surface area (Å²) in [5, 5.41) is 2.78. The molecule has 152 valence electrons. The Bertz CT molecular complexity index is 905. The number of hydrogen-bond acceptors (Lipinski definition) is 4. The van der Waals surface area contributed by atoms with Gasteiger partial charge in [0.25, 0.3) is 5.91 Å². The zero-order chi connectivity index (χ0) is 20.7. The van der Waals surface area contributed by atoms with Gasteiger partial charge in [-0.15, -0.1) is 0 Å². The van der Waals surface area contributed by atoms with E-state index < -0.39 is 10.0 Å². The van der Waals surface area contributed by atoms with Crippen LogP contribution in [0, 0.1) is 13.8 Å². The topological polar surface area (TPSA) is 75.7 Å². The van der Waals surface area contributed by atoms with Gasteiger partial charge in [-0.2, -0.15) is 4.31 Å². The van der Waals surface area contributed by atoms with Crippen molar-refractivity contribution >= 4 is 15.9 Å². The highest BCUT2D eigenvalue weighted by Crippen LogP contribution is 2.18. The molecule has 0 aromatic heterocycles. The van der Waals surface area contributed by atoms with Crippen molar-refractivity contribution in [3.8, 4) is 5.75 Å². The van der Waals surface area contributed by atoms with Crippen LogP contribution >= 0.6 is 0 Å². The normalized spacial score (nSPS) is 11.5. The molecule has 1 N–H and O–H groups in total. The van der Waals surface area contributed by atoms with Gasteiger partial charge in [0.15, 0.2) is 6.61 Å². The van der Waals surface area contributed by atoms with Gasteiger partial charge in [0.1, 0.15) is 5.75 Å². The minimum Gasteiger partial charge on any atom is -0.484 e. The molecule has 0 spiro atoms. The maximum Gasteiger partial charge on any atom is 0.258 e. The van der Waals surface area contributed by atoms with Crippen LogP contribution in [-0.2, 0) is 21.4 Å². The number of carbonyl (C=O) groups is 1. The Labute approximate surface area is 167 Å². The Kier molecular flexibility index (Phi) is 7.60. The van der Waals surface area contributed by atoms with Crippen LogP contribution < -0.4 is 10.1 Å². The third kappa shape index (κ3) is 5.56. The van der Waals surface area contributed by atoms with Crippen LogP contribution in [0.2, 0.25) is 0 Å². The summed E-state index contributed by atoms with van der Waals surface area (Å²) in [6, 6.07) is 12.4. The molecule has 0 bridgehead atoms. The standard InChI is InChI=1S/C21H28N2O4S/c1-5-23(6-2)28(25,26)19-10-8-18(9-11-19)14-22-21(24)15-27-20-12-7-16(3)13-17(20)4/h7-13H,5-6,14-15H2,1-4H3,(H,22,24). The molecule has 6 nitrogen and oxygen atoms in total. The largest absolute Gasteiger partial charge is 0.484 e. The third-order valence-electron chi connectivity index (χ3n) is 4.45. The van der Waals surface area contributed by atoms with Crippen LogP contribution in [0.15, 0.2) is 47.4 Å². The summed E-state index contributed by atoms with van der Waals surface area (Å²) in [6.45, 7) is 8.65. The first-order valence-corrected chi connectivity index (χ1v) is 10.8. The van der Waals surface area contributed by atoms with Crippen molar-refractivity contribution in [1.29, 1.82) is 0 Å². The zero-order valence-electron chi connectivity index (χ0n) is 16.9. The molecular formula is C21H28N2O4S. The molecule has 0 heterocycles. The van der Waals surface area contributed by atoms with Crippen molar-refractivity contribution in [3.05, 3.63) is 59.2 Å². The van der Waals surface area contributed by atoms with Crippen LogP contribution in [0.3, 0.4) is 0 Å². The van der Waals surface area contributed by atoms with Crippen LogP contribution in [0.4, 0.5) is 0 Å². The number of amides is 1. The Morgan fingerprint density at radius 1 is 1.04 bits per heavy atom. The molecule has 0 fully saturated rings. The second kappa shape index (κ2) is 9.71. The Morgan fingerprint density at radius 3 is 2.25 bits per heavy atom. The Hall–Kier alpha value is -2.38. The summed E-state index contributed by atoms with van der Waals surface area (Å²) in [6.07, 6.45) is 0. The Balaban J connectivity index is 1.89. The fourth-order valence-corrected chi connectivity index (χ4v) is 4.31. The first-order chi connectivity index (χ1) is 13.3. The third-order valence-corrected chi connectivity index (χ3v) is 6.51. The van der Waals surface area contributed by atoms with Crippen molar-refractivity contribution in [2.75, 3.05) is 19.7 Å². The van der Waals surface area contributed by atoms with E-state index in [4.69, 9.17) is 4.74 Å². The predicted molar refractivity (Wildman–Crippen MR) is 110 cm³/mol. The van der Waals surface area contributed by atoms with E-state index in [9.17, 15) is 13.2 Å². The van der Waals surface area contributed by atoms with Crippen molar-refractivity contribution in [2.45, 2.75) is 39.1 Å². The van der Waals surface area contributed by atoms with Gasteiger partial charge >= 0.3 is 0 Å². The lowest BCUT2D eigenvalue weighted by Gasteiger charge is -2.18. The van der Waals surface area contributed by atoms with Crippen LogP contribution in [0.1, 0.15) is 30.5 Å². The molecular weight excluding hydrogens is 376 g/mol. The summed E-state index contributed by atoms with van der Waals surface area (Å²) in [5.41, 5.74) is 2.94. The molecule has 0 saturated heterocycles. The van der Waals surface area contributed by atoms with E-state index in [1.54, 1.807) is 24.3 Å². The van der Waals surface area contributed by atoms with Crippen LogP contribution in [-0.4, -0.2) is 38.3 Å². The molecule has 7 heteroatoms. The summed E-state index contributed by atoms with van der Waals surface area (Å²) in [4.78, 5) is 12.3. The summed E-state index contributed by atoms with van der Waals surface area (Å²) >= 11 is 0. The molecule has 1 amide bonds. The van der Waals surface area contributed by atoms with E-state index >= 15 is 0 Å². The SMILES string of the molecule is CCN(CC)S(=O)(=O)c1ccc(CNC(=O)COc2ccc(C)cc2C)cc1. The molecule has 2 rings (SSSR count). The smallest absolute Gasteiger partial charge is 0.258 e. The average Bonchev–Trinajstić information content (AvgIpc) is 2.66. The average molecular weight is 405 g/mol. The quantitative estimate of drug-likeness (QED) is 0.697. The lowest BCUT2D eigenvalue weighted by molar-refractivity contribution is -0.123. The predicted octanol–water partition coefficient (Wildman–Crippen LogP) is 3.03. The fourth-order valence-electron chi connectivity index (χ4n) is 2.85. The Morgan fingerprint density at radius 2 is 1.68 bits per heavy atom. The molecule has 0 saturated carbocycles. The molecule has 2 aromatic carbocycles. The van der Waals surface area contributed by atoms with Gasteiger partial charge in [0.2, 0.25) is 10.0 Å². The van der Waals surface area contributed by atoms with E-state index in [1.807, 2.05) is 45.9 Å². The summed E-state index contributed by atoms with van der Waals surface area (Å²) < 4.78 is 31.9. The maximum atomic E-state index is 12.5. The molecule has 0 aliphatic rings. The first-order valence-electron chi connectivity index (χ1n) is 9.33. The van der Waals surface area contributed by atoms with Gasteiger partial charge in [-0.25, -0.2) is 8.42 Å². The van der Waals surface area contributed by atoms with Gasteiger partial charge in [0.05, 0.1) is 4.90 Å². The highest BCUT2D eigenvalue weighted by molar-refractivity contribution is 7.89. The number of benzene rings is 2. The number of hydrogen-bond donors (Lipinski definition) is 1. The van der Waals surface area contributed by atoms with Crippen molar-refractivity contribution < 1.29 is 17.9 Å². The van der Waals surface area contributed by atoms with Crippen molar-refractivity contribution in [2.24, 2.45) is 0 Å². The maximum absolute atomic E-state index is 12.5. The monoisotopic (exact) mass is 404 g/mol. The van der Waals surface area contributed by atoms with E-state index in [2.05, 4.69) is 5.32 Å². The minimum atomic E-state index is -3.47. The molecule has 2 aromatic rings. The first kappa shape index (κ1) is 21.9. The van der Waals surface area contributed by atoms with E-state index in [0.29, 0.717) is 25.4 Å². The molecule has 0 radical (unpaired) electrons. The molecule has 0 aliphatic carbocycles. The van der Waals surface area contributed by atoms with Crippen LogP contribution in [0.25, 0.3) is 0 Å². The number of nitrogens with one attached hydrogen (secondary N) is 1. The fraction of sp³-hybridized carbons (Fsp3) is 0.381. The van der Waals surface area contributed by atoms with Gasteiger partial charge in [0, 0.05) is 19.6 Å². The number of carbonyl (C=O) groups excluding carboxylic acids is 1. The number of rotatable bonds is 9.